The zero-order chi connectivity index (χ0) is 18.1. The Labute approximate surface area is 162 Å². The highest BCUT2D eigenvalue weighted by atomic mass is 35.5. The van der Waals surface area contributed by atoms with E-state index in [4.69, 9.17) is 23.2 Å². The molecule has 3 nitrogen and oxygen atoms in total. The van der Waals surface area contributed by atoms with Gasteiger partial charge in [-0.1, -0.05) is 35.3 Å². The van der Waals surface area contributed by atoms with Crippen LogP contribution in [0.5, 0.6) is 0 Å². The molecule has 1 aliphatic rings. The first kappa shape index (κ1) is 17.4. The summed E-state index contributed by atoms with van der Waals surface area (Å²) in [7, 11) is 0. The minimum Gasteiger partial charge on any atom is -0.358 e. The highest BCUT2D eigenvalue weighted by Crippen LogP contribution is 2.30. The van der Waals surface area contributed by atoms with Crippen LogP contribution in [0.3, 0.4) is 0 Å². The number of amides is 1. The molecule has 3 aromatic rings. The summed E-state index contributed by atoms with van der Waals surface area (Å²) in [5.41, 5.74) is 4.75. The standard InChI is InChI=1S/C21H20Cl2N2O/c22-15-6-4-14(5-7-15)2-1-3-21(26)25-11-10-20-18(13-25)17-12-16(23)8-9-19(17)24-20/h4-9,12,24H,1-3,10-11,13H2. The lowest BCUT2D eigenvalue weighted by Gasteiger charge is -2.27. The third-order valence-corrected chi connectivity index (χ3v) is 5.55. The highest BCUT2D eigenvalue weighted by Gasteiger charge is 2.23. The van der Waals surface area contributed by atoms with Crippen molar-refractivity contribution in [2.45, 2.75) is 32.2 Å². The van der Waals surface area contributed by atoms with Gasteiger partial charge in [-0.3, -0.25) is 4.79 Å². The number of carbonyl (C=O) groups is 1. The zero-order valence-corrected chi connectivity index (χ0v) is 15.9. The van der Waals surface area contributed by atoms with E-state index in [1.165, 1.54) is 16.8 Å². The maximum atomic E-state index is 12.6. The van der Waals surface area contributed by atoms with Crippen LogP contribution in [0.25, 0.3) is 10.9 Å². The number of carbonyl (C=O) groups excluding carboxylic acids is 1. The lowest BCUT2D eigenvalue weighted by molar-refractivity contribution is -0.132. The minimum absolute atomic E-state index is 0.223. The first-order chi connectivity index (χ1) is 12.6. The molecule has 0 radical (unpaired) electrons. The molecule has 0 saturated carbocycles. The van der Waals surface area contributed by atoms with Crippen molar-refractivity contribution in [3.05, 3.63) is 69.3 Å². The normalized spacial score (nSPS) is 13.8. The van der Waals surface area contributed by atoms with Crippen molar-refractivity contribution in [3.8, 4) is 0 Å². The quantitative estimate of drug-likeness (QED) is 0.641. The number of rotatable bonds is 4. The molecule has 26 heavy (non-hydrogen) atoms. The summed E-state index contributed by atoms with van der Waals surface area (Å²) in [4.78, 5) is 18.1. The lowest BCUT2D eigenvalue weighted by atomic mass is 10.0. The molecule has 1 aromatic heterocycles. The van der Waals surface area contributed by atoms with E-state index in [9.17, 15) is 4.79 Å². The Hall–Kier alpha value is -1.97. The van der Waals surface area contributed by atoms with E-state index in [-0.39, 0.29) is 5.91 Å². The Morgan fingerprint density at radius 2 is 1.85 bits per heavy atom. The summed E-state index contributed by atoms with van der Waals surface area (Å²) >= 11 is 12.1. The number of hydrogen-bond donors (Lipinski definition) is 1. The van der Waals surface area contributed by atoms with Crippen molar-refractivity contribution >= 4 is 40.0 Å². The van der Waals surface area contributed by atoms with E-state index in [0.717, 1.165) is 46.8 Å². The predicted molar refractivity (Wildman–Crippen MR) is 107 cm³/mol. The summed E-state index contributed by atoms with van der Waals surface area (Å²) in [6.45, 7) is 1.43. The molecule has 0 saturated heterocycles. The number of benzene rings is 2. The number of hydrogen-bond acceptors (Lipinski definition) is 1. The smallest absolute Gasteiger partial charge is 0.222 e. The van der Waals surface area contributed by atoms with Gasteiger partial charge in [0.1, 0.15) is 0 Å². The van der Waals surface area contributed by atoms with E-state index in [1.54, 1.807) is 0 Å². The van der Waals surface area contributed by atoms with Gasteiger partial charge in [0.25, 0.3) is 0 Å². The fraction of sp³-hybridized carbons (Fsp3) is 0.286. The molecule has 134 valence electrons. The van der Waals surface area contributed by atoms with Gasteiger partial charge in [0.15, 0.2) is 0 Å². The lowest BCUT2D eigenvalue weighted by Crippen LogP contribution is -2.35. The van der Waals surface area contributed by atoms with Gasteiger partial charge in [-0.25, -0.2) is 0 Å². The van der Waals surface area contributed by atoms with Crippen molar-refractivity contribution < 1.29 is 4.79 Å². The molecule has 0 atom stereocenters. The van der Waals surface area contributed by atoms with Crippen molar-refractivity contribution in [1.82, 2.24) is 9.88 Å². The number of nitrogens with zero attached hydrogens (tertiary/aromatic N) is 1. The number of nitrogens with one attached hydrogen (secondary N) is 1. The number of aryl methyl sites for hydroxylation is 1. The van der Waals surface area contributed by atoms with Crippen LogP contribution in [-0.2, 0) is 24.2 Å². The summed E-state index contributed by atoms with van der Waals surface area (Å²) in [6.07, 6.45) is 3.18. The molecule has 0 unspecified atom stereocenters. The molecule has 0 spiro atoms. The first-order valence-corrected chi connectivity index (χ1v) is 9.67. The van der Waals surface area contributed by atoms with Crippen LogP contribution >= 0.6 is 23.2 Å². The number of halogens is 2. The van der Waals surface area contributed by atoms with Crippen molar-refractivity contribution in [1.29, 1.82) is 0 Å². The van der Waals surface area contributed by atoms with E-state index < -0.39 is 0 Å². The Kier molecular flexibility index (Phi) is 4.92. The molecule has 5 heteroatoms. The van der Waals surface area contributed by atoms with Crippen molar-refractivity contribution in [2.24, 2.45) is 0 Å². The van der Waals surface area contributed by atoms with Gasteiger partial charge in [0.05, 0.1) is 0 Å². The molecule has 2 heterocycles. The Morgan fingerprint density at radius 1 is 1.08 bits per heavy atom. The van der Waals surface area contributed by atoms with Gasteiger partial charge in [0.2, 0.25) is 5.91 Å². The third-order valence-electron chi connectivity index (χ3n) is 5.06. The molecular formula is C21H20Cl2N2O. The fourth-order valence-electron chi connectivity index (χ4n) is 3.65. The molecule has 0 bridgehead atoms. The summed E-state index contributed by atoms with van der Waals surface area (Å²) in [5.74, 6) is 0.223. The third kappa shape index (κ3) is 3.60. The molecule has 0 fully saturated rings. The maximum absolute atomic E-state index is 12.6. The highest BCUT2D eigenvalue weighted by molar-refractivity contribution is 6.31. The van der Waals surface area contributed by atoms with Crippen LogP contribution in [0.2, 0.25) is 10.0 Å². The maximum Gasteiger partial charge on any atom is 0.222 e. The number of fused-ring (bicyclic) bond motifs is 3. The average molecular weight is 387 g/mol. The van der Waals surface area contributed by atoms with Gasteiger partial charge < -0.3 is 9.88 Å². The van der Waals surface area contributed by atoms with Crippen LogP contribution in [0.15, 0.2) is 42.5 Å². The summed E-state index contributed by atoms with van der Waals surface area (Å²) in [6, 6.07) is 13.7. The number of H-pyrrole nitrogens is 1. The first-order valence-electron chi connectivity index (χ1n) is 8.91. The monoisotopic (exact) mass is 386 g/mol. The Balaban J connectivity index is 1.40. The van der Waals surface area contributed by atoms with Crippen LogP contribution in [0, 0.1) is 0 Å². The molecule has 1 aliphatic heterocycles. The molecule has 0 aliphatic carbocycles. The molecule has 1 N–H and O–H groups in total. The Morgan fingerprint density at radius 3 is 2.65 bits per heavy atom. The second kappa shape index (κ2) is 7.34. The topological polar surface area (TPSA) is 36.1 Å². The summed E-state index contributed by atoms with van der Waals surface area (Å²) in [5, 5.41) is 2.60. The van der Waals surface area contributed by atoms with Crippen LogP contribution in [0.4, 0.5) is 0 Å². The van der Waals surface area contributed by atoms with E-state index >= 15 is 0 Å². The fourth-order valence-corrected chi connectivity index (χ4v) is 3.95. The second-order valence-electron chi connectivity index (χ2n) is 6.82. The van der Waals surface area contributed by atoms with E-state index in [0.29, 0.717) is 13.0 Å². The van der Waals surface area contributed by atoms with Crippen molar-refractivity contribution in [3.63, 3.8) is 0 Å². The van der Waals surface area contributed by atoms with Crippen LogP contribution < -0.4 is 0 Å². The van der Waals surface area contributed by atoms with E-state index in [2.05, 4.69) is 4.98 Å². The SMILES string of the molecule is O=C(CCCc1ccc(Cl)cc1)N1CCc2[nH]c3ccc(Cl)cc3c2C1. The minimum atomic E-state index is 0.223. The molecule has 2 aromatic carbocycles. The number of aromatic amines is 1. The van der Waals surface area contributed by atoms with E-state index in [1.807, 2.05) is 47.4 Å². The van der Waals surface area contributed by atoms with Gasteiger partial charge in [-0.2, -0.15) is 0 Å². The Bertz CT molecular complexity index is 947. The molecule has 1 amide bonds. The van der Waals surface area contributed by atoms with Crippen molar-refractivity contribution in [2.75, 3.05) is 6.54 Å². The zero-order valence-electron chi connectivity index (χ0n) is 14.4. The van der Waals surface area contributed by atoms with Crippen LogP contribution in [0.1, 0.15) is 29.7 Å². The predicted octanol–water partition coefficient (Wildman–Crippen LogP) is 5.38. The average Bonchev–Trinajstić information content (AvgIpc) is 3.00. The summed E-state index contributed by atoms with van der Waals surface area (Å²) < 4.78 is 0. The van der Waals surface area contributed by atoms with Gasteiger partial charge in [0, 0.05) is 58.1 Å². The van der Waals surface area contributed by atoms with Gasteiger partial charge >= 0.3 is 0 Å². The van der Waals surface area contributed by atoms with Crippen LogP contribution in [-0.4, -0.2) is 22.3 Å². The molecule has 4 rings (SSSR count). The second-order valence-corrected chi connectivity index (χ2v) is 7.69. The van der Waals surface area contributed by atoms with Gasteiger partial charge in [-0.05, 0) is 48.7 Å². The number of aromatic nitrogens is 1. The largest absolute Gasteiger partial charge is 0.358 e. The molecular weight excluding hydrogens is 367 g/mol. The van der Waals surface area contributed by atoms with Gasteiger partial charge in [-0.15, -0.1) is 0 Å².